The molecule has 1 aromatic heterocycles. The van der Waals surface area contributed by atoms with Crippen LogP contribution in [0.3, 0.4) is 0 Å². The van der Waals surface area contributed by atoms with E-state index in [0.29, 0.717) is 49.4 Å². The van der Waals surface area contributed by atoms with Crippen LogP contribution in [0.4, 0.5) is 0 Å². The fourth-order valence-electron chi connectivity index (χ4n) is 3.34. The van der Waals surface area contributed by atoms with Crippen molar-refractivity contribution in [2.45, 2.75) is 19.3 Å². The highest BCUT2D eigenvalue weighted by Crippen LogP contribution is 2.25. The molecular weight excluding hydrogens is 412 g/mol. The first kappa shape index (κ1) is 23.1. The Balaban J connectivity index is 1.64. The maximum atomic E-state index is 12.8. The van der Waals surface area contributed by atoms with Crippen LogP contribution in [-0.2, 0) is 16.0 Å². The number of methoxy groups -OCH3 is 1. The monoisotopic (exact) mass is 440 g/mol. The number of hydrogen-bond acceptors (Lipinski definition) is 6. The number of hydrogen-bond donors (Lipinski definition) is 2. The predicted molar refractivity (Wildman–Crippen MR) is 118 cm³/mol. The molecule has 0 unspecified atom stereocenters. The molecule has 0 bridgehead atoms. The lowest BCUT2D eigenvalue weighted by Gasteiger charge is -2.23. The van der Waals surface area contributed by atoms with Crippen LogP contribution < -0.4 is 20.1 Å². The van der Waals surface area contributed by atoms with Gasteiger partial charge in [0.1, 0.15) is 18.1 Å². The molecule has 170 valence electrons. The molecule has 1 aliphatic heterocycles. The van der Waals surface area contributed by atoms with Crippen molar-refractivity contribution in [2.24, 2.45) is 0 Å². The summed E-state index contributed by atoms with van der Waals surface area (Å²) in [4.78, 5) is 43.3. The quantitative estimate of drug-likeness (QED) is 0.739. The maximum absolute atomic E-state index is 12.8. The molecular formula is C23H28N4O5. The van der Waals surface area contributed by atoms with Crippen LogP contribution >= 0.6 is 0 Å². The van der Waals surface area contributed by atoms with Crippen molar-refractivity contribution in [2.75, 3.05) is 39.9 Å². The Hall–Kier alpha value is -3.62. The van der Waals surface area contributed by atoms with Gasteiger partial charge in [-0.3, -0.25) is 19.4 Å². The fraction of sp³-hybridized carbons (Fsp3) is 0.391. The number of carbonyl (C=O) groups is 3. The van der Waals surface area contributed by atoms with Crippen molar-refractivity contribution in [1.82, 2.24) is 20.5 Å². The maximum Gasteiger partial charge on any atom is 0.255 e. The van der Waals surface area contributed by atoms with Crippen molar-refractivity contribution in [1.29, 1.82) is 0 Å². The zero-order chi connectivity index (χ0) is 22.8. The van der Waals surface area contributed by atoms with E-state index in [9.17, 15) is 14.4 Å². The van der Waals surface area contributed by atoms with Crippen molar-refractivity contribution in [3.8, 4) is 11.5 Å². The Morgan fingerprint density at radius 1 is 1.16 bits per heavy atom. The standard InChI is InChI=1S/C23H28N4O5/c1-31-18-4-5-19-20(15-18)32-14-12-25-21(28)16-27(13-2-9-26-23(19)30)22(29)6-3-17-7-10-24-11-8-17/h4-5,7-8,10-11,15H,2-3,6,9,12-14,16H2,1H3,(H,25,28)(H,26,30). The zero-order valence-corrected chi connectivity index (χ0v) is 18.1. The summed E-state index contributed by atoms with van der Waals surface area (Å²) in [5.74, 6) is 0.338. The van der Waals surface area contributed by atoms with E-state index in [2.05, 4.69) is 15.6 Å². The second-order valence-electron chi connectivity index (χ2n) is 7.34. The molecule has 0 radical (unpaired) electrons. The molecule has 1 aromatic carbocycles. The highest BCUT2D eigenvalue weighted by molar-refractivity contribution is 5.97. The summed E-state index contributed by atoms with van der Waals surface area (Å²) >= 11 is 0. The number of carbonyl (C=O) groups excluding carboxylic acids is 3. The summed E-state index contributed by atoms with van der Waals surface area (Å²) in [7, 11) is 1.54. The Morgan fingerprint density at radius 2 is 1.97 bits per heavy atom. The van der Waals surface area contributed by atoms with Crippen LogP contribution in [-0.4, -0.2) is 67.5 Å². The topological polar surface area (TPSA) is 110 Å². The van der Waals surface area contributed by atoms with Crippen LogP contribution in [0.25, 0.3) is 0 Å². The molecule has 0 atom stereocenters. The first-order valence-corrected chi connectivity index (χ1v) is 10.6. The van der Waals surface area contributed by atoms with E-state index in [4.69, 9.17) is 9.47 Å². The summed E-state index contributed by atoms with van der Waals surface area (Å²) in [6.07, 6.45) is 4.76. The number of nitrogens with zero attached hydrogens (tertiary/aromatic N) is 2. The van der Waals surface area contributed by atoms with Crippen molar-refractivity contribution < 1.29 is 23.9 Å². The normalized spacial score (nSPS) is 15.5. The van der Waals surface area contributed by atoms with E-state index < -0.39 is 0 Å². The van der Waals surface area contributed by atoms with Gasteiger partial charge in [-0.1, -0.05) is 0 Å². The largest absolute Gasteiger partial charge is 0.497 e. The first-order chi connectivity index (χ1) is 15.6. The highest BCUT2D eigenvalue weighted by Gasteiger charge is 2.19. The van der Waals surface area contributed by atoms with Crippen LogP contribution in [0, 0.1) is 0 Å². The fourth-order valence-corrected chi connectivity index (χ4v) is 3.34. The molecule has 2 aromatic rings. The number of rotatable bonds is 4. The van der Waals surface area contributed by atoms with Crippen molar-refractivity contribution in [3.05, 3.63) is 53.9 Å². The molecule has 9 nitrogen and oxygen atoms in total. The van der Waals surface area contributed by atoms with Gasteiger partial charge < -0.3 is 25.0 Å². The van der Waals surface area contributed by atoms with Gasteiger partial charge in [0.15, 0.2) is 0 Å². The number of nitrogens with one attached hydrogen (secondary N) is 2. The van der Waals surface area contributed by atoms with E-state index in [1.165, 1.54) is 12.0 Å². The van der Waals surface area contributed by atoms with Crippen molar-refractivity contribution >= 4 is 17.7 Å². The molecule has 3 rings (SSSR count). The van der Waals surface area contributed by atoms with Crippen LogP contribution in [0.2, 0.25) is 0 Å². The lowest BCUT2D eigenvalue weighted by atomic mass is 10.1. The average Bonchev–Trinajstić information content (AvgIpc) is 2.82. The van der Waals surface area contributed by atoms with E-state index >= 15 is 0 Å². The number of benzene rings is 1. The zero-order valence-electron chi connectivity index (χ0n) is 18.1. The minimum absolute atomic E-state index is 0.0342. The summed E-state index contributed by atoms with van der Waals surface area (Å²) in [6.45, 7) is 1.12. The van der Waals surface area contributed by atoms with Gasteiger partial charge in [-0.05, 0) is 42.7 Å². The lowest BCUT2D eigenvalue weighted by Crippen LogP contribution is -2.43. The van der Waals surface area contributed by atoms with Gasteiger partial charge in [-0.25, -0.2) is 0 Å². The van der Waals surface area contributed by atoms with E-state index in [1.54, 1.807) is 30.6 Å². The second-order valence-corrected chi connectivity index (χ2v) is 7.34. The third kappa shape index (κ3) is 6.69. The molecule has 1 aliphatic rings. The van der Waals surface area contributed by atoms with Crippen LogP contribution in [0.5, 0.6) is 11.5 Å². The number of aromatic nitrogens is 1. The number of ether oxygens (including phenoxy) is 2. The van der Waals surface area contributed by atoms with Crippen molar-refractivity contribution in [3.63, 3.8) is 0 Å². The van der Waals surface area contributed by atoms with Crippen LogP contribution in [0.15, 0.2) is 42.7 Å². The third-order valence-corrected chi connectivity index (χ3v) is 5.07. The molecule has 0 aliphatic carbocycles. The second kappa shape index (κ2) is 11.7. The highest BCUT2D eigenvalue weighted by atomic mass is 16.5. The minimum atomic E-state index is -0.265. The van der Waals surface area contributed by atoms with Gasteiger partial charge >= 0.3 is 0 Å². The lowest BCUT2D eigenvalue weighted by molar-refractivity contribution is -0.136. The summed E-state index contributed by atoms with van der Waals surface area (Å²) in [5.41, 5.74) is 1.40. The first-order valence-electron chi connectivity index (χ1n) is 10.6. The number of pyridine rings is 1. The third-order valence-electron chi connectivity index (χ3n) is 5.07. The molecule has 32 heavy (non-hydrogen) atoms. The molecule has 2 N–H and O–H groups in total. The minimum Gasteiger partial charge on any atom is -0.497 e. The van der Waals surface area contributed by atoms with Crippen LogP contribution in [0.1, 0.15) is 28.8 Å². The Morgan fingerprint density at radius 3 is 2.75 bits per heavy atom. The molecule has 9 heteroatoms. The number of fused-ring (bicyclic) bond motifs is 1. The van der Waals surface area contributed by atoms with Gasteiger partial charge in [-0.2, -0.15) is 0 Å². The predicted octanol–water partition coefficient (Wildman–Crippen LogP) is 1.18. The summed E-state index contributed by atoms with van der Waals surface area (Å²) in [6, 6.07) is 8.71. The van der Waals surface area contributed by atoms with Gasteiger partial charge in [0.05, 0.1) is 25.8 Å². The van der Waals surface area contributed by atoms with E-state index in [-0.39, 0.29) is 37.4 Å². The van der Waals surface area contributed by atoms with E-state index in [1.807, 2.05) is 12.1 Å². The Bertz CT molecular complexity index is 935. The smallest absolute Gasteiger partial charge is 0.255 e. The van der Waals surface area contributed by atoms with Gasteiger partial charge in [0, 0.05) is 38.0 Å². The molecule has 2 heterocycles. The molecule has 0 saturated carbocycles. The van der Waals surface area contributed by atoms with Gasteiger partial charge in [0.25, 0.3) is 5.91 Å². The summed E-state index contributed by atoms with van der Waals surface area (Å²) in [5, 5.41) is 5.62. The molecule has 3 amide bonds. The van der Waals surface area contributed by atoms with Gasteiger partial charge in [0.2, 0.25) is 11.8 Å². The molecule has 0 spiro atoms. The van der Waals surface area contributed by atoms with Gasteiger partial charge in [-0.15, -0.1) is 0 Å². The Kier molecular flexibility index (Phi) is 8.42. The molecule has 0 saturated heterocycles. The summed E-state index contributed by atoms with van der Waals surface area (Å²) < 4.78 is 10.9. The van der Waals surface area contributed by atoms with E-state index in [0.717, 1.165) is 5.56 Å². The number of aryl methyl sites for hydroxylation is 1. The SMILES string of the molecule is COc1ccc2c(c1)OCCNC(=O)CN(C(=O)CCc1ccncc1)CCCNC2=O. The molecule has 0 fully saturated rings. The number of amides is 3. The average molecular weight is 441 g/mol. The Labute approximate surface area is 187 Å².